The van der Waals surface area contributed by atoms with Gasteiger partial charge in [0.25, 0.3) is 0 Å². The Balaban J connectivity index is 2.01. The lowest BCUT2D eigenvalue weighted by Gasteiger charge is -1.88. The first-order chi connectivity index (χ1) is 7.93. The summed E-state index contributed by atoms with van der Waals surface area (Å²) in [4.78, 5) is 3.02. The molecular weight excluding hydrogens is 198 g/mol. The van der Waals surface area contributed by atoms with Crippen molar-refractivity contribution in [3.05, 3.63) is 54.0 Å². The molecule has 2 aromatic heterocycles. The van der Waals surface area contributed by atoms with Crippen LogP contribution in [0.3, 0.4) is 0 Å². The number of nitrogens with one attached hydrogen (secondary N) is 2. The second-order valence-corrected chi connectivity index (χ2v) is 3.63. The molecule has 3 nitrogen and oxygen atoms in total. The predicted octanol–water partition coefficient (Wildman–Crippen LogP) is 3.06. The van der Waals surface area contributed by atoms with Gasteiger partial charge in [-0.3, -0.25) is 5.10 Å². The molecule has 0 fully saturated rings. The van der Waals surface area contributed by atoms with Crippen LogP contribution in [0.4, 0.5) is 0 Å². The van der Waals surface area contributed by atoms with E-state index in [1.165, 1.54) is 0 Å². The molecule has 78 valence electrons. The molecule has 0 bridgehead atoms. The highest BCUT2D eigenvalue weighted by Gasteiger charge is 2.00. The van der Waals surface area contributed by atoms with E-state index in [2.05, 4.69) is 21.2 Å². The van der Waals surface area contributed by atoms with Crippen LogP contribution in [-0.2, 0) is 0 Å². The maximum Gasteiger partial charge on any atom is 0.0927 e. The van der Waals surface area contributed by atoms with Gasteiger partial charge >= 0.3 is 0 Å². The predicted molar refractivity (Wildman–Crippen MR) is 65.8 cm³/mol. The Morgan fingerprint density at radius 1 is 1.06 bits per heavy atom. The molecule has 0 aliphatic carbocycles. The van der Waals surface area contributed by atoms with Crippen molar-refractivity contribution in [3.8, 4) is 0 Å². The van der Waals surface area contributed by atoms with Gasteiger partial charge in [-0.15, -0.1) is 0 Å². The molecule has 2 heterocycles. The number of hydrogen-bond donors (Lipinski definition) is 2. The van der Waals surface area contributed by atoms with E-state index in [1.807, 2.05) is 48.8 Å². The standard InChI is InChI=1S/C13H11N3/c1-2-4-12-11(3-1)13(16-15-12)6-5-10-7-8-14-9-10/h1-9,14H,(H,15,16). The summed E-state index contributed by atoms with van der Waals surface area (Å²) in [6, 6.07) is 10.1. The largest absolute Gasteiger partial charge is 0.367 e. The van der Waals surface area contributed by atoms with Crippen LogP contribution in [0.5, 0.6) is 0 Å². The fourth-order valence-electron chi connectivity index (χ4n) is 1.73. The average Bonchev–Trinajstić information content (AvgIpc) is 2.96. The Kier molecular flexibility index (Phi) is 2.07. The minimum Gasteiger partial charge on any atom is -0.367 e. The molecule has 2 N–H and O–H groups in total. The summed E-state index contributed by atoms with van der Waals surface area (Å²) in [5.41, 5.74) is 3.18. The van der Waals surface area contributed by atoms with Crippen molar-refractivity contribution in [1.82, 2.24) is 15.2 Å². The number of fused-ring (bicyclic) bond motifs is 1. The van der Waals surface area contributed by atoms with Crippen LogP contribution < -0.4 is 0 Å². The zero-order valence-electron chi connectivity index (χ0n) is 8.64. The highest BCUT2D eigenvalue weighted by molar-refractivity contribution is 5.89. The quantitative estimate of drug-likeness (QED) is 0.669. The lowest BCUT2D eigenvalue weighted by molar-refractivity contribution is 1.11. The lowest BCUT2D eigenvalue weighted by atomic mass is 10.2. The lowest BCUT2D eigenvalue weighted by Crippen LogP contribution is -1.71. The molecule has 0 spiro atoms. The number of benzene rings is 1. The fourth-order valence-corrected chi connectivity index (χ4v) is 1.73. The molecule has 0 unspecified atom stereocenters. The molecule has 0 aliphatic heterocycles. The molecule has 0 atom stereocenters. The molecule has 0 aliphatic rings. The van der Waals surface area contributed by atoms with Crippen LogP contribution >= 0.6 is 0 Å². The second-order valence-electron chi connectivity index (χ2n) is 3.63. The minimum atomic E-state index is 0.969. The summed E-state index contributed by atoms with van der Waals surface area (Å²) in [5, 5.41) is 8.43. The van der Waals surface area contributed by atoms with E-state index in [-0.39, 0.29) is 0 Å². The number of para-hydroxylation sites is 1. The van der Waals surface area contributed by atoms with Gasteiger partial charge in [0.05, 0.1) is 11.2 Å². The van der Waals surface area contributed by atoms with E-state index in [0.717, 1.165) is 22.2 Å². The first kappa shape index (κ1) is 8.97. The van der Waals surface area contributed by atoms with Crippen LogP contribution in [0, 0.1) is 0 Å². The van der Waals surface area contributed by atoms with Crippen LogP contribution in [0.1, 0.15) is 11.3 Å². The van der Waals surface area contributed by atoms with Crippen LogP contribution in [0.15, 0.2) is 42.7 Å². The van der Waals surface area contributed by atoms with Crippen molar-refractivity contribution < 1.29 is 0 Å². The summed E-state index contributed by atoms with van der Waals surface area (Å²) < 4.78 is 0. The Labute approximate surface area is 92.8 Å². The zero-order chi connectivity index (χ0) is 10.8. The topological polar surface area (TPSA) is 44.5 Å². The molecule has 3 rings (SSSR count). The van der Waals surface area contributed by atoms with Gasteiger partial charge in [0, 0.05) is 17.8 Å². The highest BCUT2D eigenvalue weighted by Crippen LogP contribution is 2.17. The smallest absolute Gasteiger partial charge is 0.0927 e. The molecule has 3 heteroatoms. The Hall–Kier alpha value is -2.29. The fraction of sp³-hybridized carbons (Fsp3) is 0. The second kappa shape index (κ2) is 3.70. The first-order valence-electron chi connectivity index (χ1n) is 5.17. The summed E-state index contributed by atoms with van der Waals surface area (Å²) in [6.45, 7) is 0. The van der Waals surface area contributed by atoms with Gasteiger partial charge in [-0.1, -0.05) is 24.3 Å². The third-order valence-electron chi connectivity index (χ3n) is 2.56. The third kappa shape index (κ3) is 1.52. The summed E-state index contributed by atoms with van der Waals surface area (Å²) in [6.07, 6.45) is 7.91. The third-order valence-corrected chi connectivity index (χ3v) is 2.56. The van der Waals surface area contributed by atoms with Gasteiger partial charge in [0.15, 0.2) is 0 Å². The Bertz CT molecular complexity index is 617. The van der Waals surface area contributed by atoms with Gasteiger partial charge in [-0.25, -0.2) is 0 Å². The van der Waals surface area contributed by atoms with Crippen LogP contribution in [-0.4, -0.2) is 15.2 Å². The van der Waals surface area contributed by atoms with E-state index in [1.54, 1.807) is 0 Å². The van der Waals surface area contributed by atoms with Crippen molar-refractivity contribution in [1.29, 1.82) is 0 Å². The van der Waals surface area contributed by atoms with Gasteiger partial charge in [0.2, 0.25) is 0 Å². The maximum atomic E-state index is 4.27. The Morgan fingerprint density at radius 2 is 2.00 bits per heavy atom. The van der Waals surface area contributed by atoms with E-state index < -0.39 is 0 Å². The van der Waals surface area contributed by atoms with E-state index in [4.69, 9.17) is 0 Å². The summed E-state index contributed by atoms with van der Waals surface area (Å²) >= 11 is 0. The average molecular weight is 209 g/mol. The van der Waals surface area contributed by atoms with Crippen molar-refractivity contribution in [2.75, 3.05) is 0 Å². The number of aromatic amines is 2. The number of hydrogen-bond acceptors (Lipinski definition) is 1. The van der Waals surface area contributed by atoms with E-state index >= 15 is 0 Å². The molecule has 0 saturated carbocycles. The Morgan fingerprint density at radius 3 is 2.88 bits per heavy atom. The monoisotopic (exact) mass is 209 g/mol. The number of aromatic nitrogens is 3. The molecule has 1 aromatic carbocycles. The molecule has 0 saturated heterocycles. The van der Waals surface area contributed by atoms with Crippen LogP contribution in [0.2, 0.25) is 0 Å². The SMILES string of the molecule is C(=Cc1n[nH]c2ccccc12)c1cc[nH]c1. The summed E-state index contributed by atoms with van der Waals surface area (Å²) in [7, 11) is 0. The molecular formula is C13H11N3. The van der Waals surface area contributed by atoms with Gasteiger partial charge < -0.3 is 4.98 Å². The highest BCUT2D eigenvalue weighted by atomic mass is 15.1. The van der Waals surface area contributed by atoms with Crippen molar-refractivity contribution in [2.45, 2.75) is 0 Å². The zero-order valence-corrected chi connectivity index (χ0v) is 8.64. The number of rotatable bonds is 2. The molecule has 0 amide bonds. The number of H-pyrrole nitrogens is 2. The molecule has 0 radical (unpaired) electrons. The molecule has 3 aromatic rings. The van der Waals surface area contributed by atoms with Crippen molar-refractivity contribution in [3.63, 3.8) is 0 Å². The van der Waals surface area contributed by atoms with E-state index in [0.29, 0.717) is 0 Å². The van der Waals surface area contributed by atoms with Crippen LogP contribution in [0.25, 0.3) is 23.1 Å². The van der Waals surface area contributed by atoms with Gasteiger partial charge in [-0.05, 0) is 23.8 Å². The summed E-state index contributed by atoms with van der Waals surface area (Å²) in [5.74, 6) is 0. The normalized spacial score (nSPS) is 11.5. The number of nitrogens with zero attached hydrogens (tertiary/aromatic N) is 1. The minimum absolute atomic E-state index is 0.969. The van der Waals surface area contributed by atoms with Gasteiger partial charge in [-0.2, -0.15) is 5.10 Å². The van der Waals surface area contributed by atoms with Crippen molar-refractivity contribution in [2.24, 2.45) is 0 Å². The van der Waals surface area contributed by atoms with Crippen molar-refractivity contribution >= 4 is 23.1 Å². The first-order valence-corrected chi connectivity index (χ1v) is 5.17. The molecule has 16 heavy (non-hydrogen) atoms. The van der Waals surface area contributed by atoms with E-state index in [9.17, 15) is 0 Å². The maximum absolute atomic E-state index is 4.27. The van der Waals surface area contributed by atoms with Gasteiger partial charge in [0.1, 0.15) is 0 Å².